The monoisotopic (exact) mass is 203 g/mol. The van der Waals surface area contributed by atoms with Crippen molar-refractivity contribution in [3.8, 4) is 6.07 Å². The van der Waals surface area contributed by atoms with Gasteiger partial charge in [-0.2, -0.15) is 13.7 Å². The van der Waals surface area contributed by atoms with E-state index in [0.29, 0.717) is 12.3 Å². The third-order valence-corrected chi connectivity index (χ3v) is 0.395. The van der Waals surface area contributed by atoms with E-state index in [-0.39, 0.29) is 0 Å². The van der Waals surface area contributed by atoms with Gasteiger partial charge in [0, 0.05) is 12.3 Å². The van der Waals surface area contributed by atoms with Crippen LogP contribution in [0.3, 0.4) is 0 Å². The quantitative estimate of drug-likeness (QED) is 0.287. The average molecular weight is 204 g/mol. The van der Waals surface area contributed by atoms with E-state index in [4.69, 9.17) is 29.8 Å². The molecule has 0 saturated heterocycles. The van der Waals surface area contributed by atoms with Crippen LogP contribution < -0.4 is 0 Å². The minimum Gasteiger partial charge on any atom is -0.277 e. The molecule has 0 radical (unpaired) electrons. The Bertz CT molecular complexity index is 186. The van der Waals surface area contributed by atoms with E-state index in [9.17, 15) is 0 Å². The molecule has 0 unspecified atom stereocenters. The summed E-state index contributed by atoms with van der Waals surface area (Å²) in [6, 6.07) is 1.89. The van der Waals surface area contributed by atoms with Crippen LogP contribution in [-0.2, 0) is 9.15 Å². The van der Waals surface area contributed by atoms with Crippen molar-refractivity contribution in [1.82, 2.24) is 0 Å². The van der Waals surface area contributed by atoms with Gasteiger partial charge in [0.15, 0.2) is 0 Å². The Balaban J connectivity index is 0. The van der Waals surface area contributed by atoms with Crippen LogP contribution in [0, 0.1) is 11.3 Å². The van der Waals surface area contributed by atoms with Crippen molar-refractivity contribution < 1.29 is 13.0 Å². The summed E-state index contributed by atoms with van der Waals surface area (Å²) in [7, 11) is -3.97. The third-order valence-electron chi connectivity index (χ3n) is 0.206. The number of hydrogen-bond acceptors (Lipinski definition) is 3. The van der Waals surface area contributed by atoms with Crippen LogP contribution in [0.1, 0.15) is 6.42 Å². The van der Waals surface area contributed by atoms with E-state index in [1.807, 2.05) is 6.07 Å². The van der Waals surface area contributed by atoms with Crippen LogP contribution in [-0.4, -0.2) is 18.9 Å². The van der Waals surface area contributed by atoms with Crippen LogP contribution in [0.4, 0.5) is 0 Å². The van der Waals surface area contributed by atoms with Crippen molar-refractivity contribution in [2.45, 2.75) is 6.42 Å². The lowest BCUT2D eigenvalue weighted by atomic mass is 10.6. The van der Waals surface area contributed by atoms with E-state index in [0.717, 1.165) is 0 Å². The molecule has 60 valence electrons. The van der Waals surface area contributed by atoms with Crippen LogP contribution in [0.25, 0.3) is 0 Å². The molecular weight excluding hydrogens is 198 g/mol. The Morgan fingerprint density at radius 3 is 2.00 bits per heavy atom. The smallest absolute Gasteiger partial charge is 0.277 e. The Morgan fingerprint density at radius 1 is 1.70 bits per heavy atom. The molecule has 7 heteroatoms. The fraction of sp³-hybridized carbons (Fsp3) is 0.667. The molecule has 0 aliphatic rings. The van der Waals surface area contributed by atoms with Gasteiger partial charge in [-0.15, -0.1) is 11.6 Å². The predicted octanol–water partition coefficient (Wildman–Crippen LogP) is 0.858. The Kier molecular flexibility index (Phi) is 9.08. The molecule has 0 atom stereocenters. The lowest BCUT2D eigenvalue weighted by molar-refractivity contribution is 0.503. The van der Waals surface area contributed by atoms with Crippen LogP contribution in [0.2, 0.25) is 0 Å². The highest BCUT2D eigenvalue weighted by atomic mass is 35.5. The van der Waals surface area contributed by atoms with Gasteiger partial charge in [-0.25, -0.2) is 0 Å². The van der Waals surface area contributed by atoms with Crippen molar-refractivity contribution in [3.63, 3.8) is 0 Å². The molecule has 0 saturated carbocycles. The topological polar surface area (TPSA) is 78.2 Å². The Hall–Kier alpha value is 0.0400. The molecule has 4 nitrogen and oxygen atoms in total. The highest BCUT2D eigenvalue weighted by Crippen LogP contribution is 1.81. The Morgan fingerprint density at radius 2 is 2.00 bits per heavy atom. The van der Waals surface area contributed by atoms with Gasteiger partial charge in [-0.1, -0.05) is 0 Å². The molecule has 0 fully saturated rings. The van der Waals surface area contributed by atoms with Crippen molar-refractivity contribution in [3.05, 3.63) is 0 Å². The first-order valence-corrected chi connectivity index (χ1v) is 5.07. The van der Waals surface area contributed by atoms with Crippen LogP contribution in [0.15, 0.2) is 0 Å². The molecule has 1 N–H and O–H groups in total. The predicted molar refractivity (Wildman–Crippen MR) is 41.5 cm³/mol. The minimum absolute atomic E-state index is 0.455. The van der Waals surface area contributed by atoms with Crippen molar-refractivity contribution >= 4 is 32.4 Å². The van der Waals surface area contributed by atoms with Gasteiger partial charge in [0.25, 0.3) is 0 Å². The molecule has 0 bridgehead atoms. The number of nitrogens with zero attached hydrogens (tertiary/aromatic N) is 1. The summed E-state index contributed by atoms with van der Waals surface area (Å²) in [5, 5.41) is 7.73. The summed E-state index contributed by atoms with van der Waals surface area (Å²) in [6.45, 7) is 0. The molecule has 0 rings (SSSR count). The van der Waals surface area contributed by atoms with Crippen molar-refractivity contribution in [2.75, 3.05) is 5.88 Å². The largest absolute Gasteiger partial charge is 0.316 e. The van der Waals surface area contributed by atoms with Gasteiger partial charge >= 0.3 is 9.15 Å². The summed E-state index contributed by atoms with van der Waals surface area (Å²) in [5.74, 6) is 0.455. The molecule has 0 amide bonds. The summed E-state index contributed by atoms with van der Waals surface area (Å²) < 4.78 is 25.5. The van der Waals surface area contributed by atoms with Gasteiger partial charge < -0.3 is 0 Å². The first kappa shape index (κ1) is 12.7. The van der Waals surface area contributed by atoms with Crippen LogP contribution >= 0.6 is 23.3 Å². The van der Waals surface area contributed by atoms with E-state index in [1.165, 1.54) is 0 Å². The zero-order chi connectivity index (χ0) is 8.62. The average Bonchev–Trinajstić information content (AvgIpc) is 1.63. The summed E-state index contributed by atoms with van der Waals surface area (Å²) in [4.78, 5) is 0. The second-order valence-corrected chi connectivity index (χ2v) is 3.70. The highest BCUT2D eigenvalue weighted by Gasteiger charge is 1.83. The fourth-order valence-corrected chi connectivity index (χ4v) is 0.127. The SMILES string of the molecule is N#CCCCl.O=S(=O)(O)S. The molecule has 10 heavy (non-hydrogen) atoms. The maximum atomic E-state index is 9.05. The maximum Gasteiger partial charge on any atom is 0.316 e. The summed E-state index contributed by atoms with van der Waals surface area (Å²) in [5.41, 5.74) is 0. The maximum absolute atomic E-state index is 9.05. The molecular formula is C3H6ClNO3S2. The fourth-order valence-electron chi connectivity index (χ4n) is 0.0423. The number of alkyl halides is 1. The molecule has 0 aliphatic heterocycles. The van der Waals surface area contributed by atoms with E-state index < -0.39 is 9.15 Å². The molecule has 0 heterocycles. The molecule has 0 aromatic carbocycles. The molecule has 0 aromatic heterocycles. The van der Waals surface area contributed by atoms with Gasteiger partial charge in [0.2, 0.25) is 0 Å². The highest BCUT2D eigenvalue weighted by molar-refractivity contribution is 8.61. The summed E-state index contributed by atoms with van der Waals surface area (Å²) >= 11 is 7.73. The standard InChI is InChI=1S/C3H4ClN.H2O3S2/c4-2-1-3-5;1-5(2,3)4/h1-2H2;(H2,1,2,3,4). The number of nitriles is 1. The lowest BCUT2D eigenvalue weighted by Crippen LogP contribution is -1.78. The third kappa shape index (κ3) is 95.8. The lowest BCUT2D eigenvalue weighted by Gasteiger charge is -1.67. The number of rotatable bonds is 1. The number of halogens is 1. The molecule has 0 spiro atoms. The second-order valence-electron chi connectivity index (χ2n) is 1.04. The van der Waals surface area contributed by atoms with Gasteiger partial charge in [-0.3, -0.25) is 4.55 Å². The zero-order valence-electron chi connectivity index (χ0n) is 4.86. The first-order chi connectivity index (χ1) is 4.41. The van der Waals surface area contributed by atoms with E-state index in [2.05, 4.69) is 11.7 Å². The van der Waals surface area contributed by atoms with Gasteiger partial charge in [0.05, 0.1) is 6.07 Å². The zero-order valence-corrected chi connectivity index (χ0v) is 7.33. The minimum atomic E-state index is -3.97. The molecule has 0 aliphatic carbocycles. The van der Waals surface area contributed by atoms with Gasteiger partial charge in [0.1, 0.15) is 0 Å². The number of thiol groups is 1. The van der Waals surface area contributed by atoms with Gasteiger partial charge in [-0.05, 0) is 11.7 Å². The Labute approximate surface area is 69.4 Å². The van der Waals surface area contributed by atoms with E-state index in [1.54, 1.807) is 0 Å². The number of hydrogen-bond donors (Lipinski definition) is 2. The first-order valence-electron chi connectivity index (χ1n) is 2.04. The molecule has 0 aromatic rings. The summed E-state index contributed by atoms with van der Waals surface area (Å²) in [6.07, 6.45) is 0.460. The van der Waals surface area contributed by atoms with E-state index >= 15 is 0 Å². The van der Waals surface area contributed by atoms with Crippen molar-refractivity contribution in [1.29, 1.82) is 5.26 Å². The van der Waals surface area contributed by atoms with Crippen molar-refractivity contribution in [2.24, 2.45) is 0 Å². The van der Waals surface area contributed by atoms with Crippen LogP contribution in [0.5, 0.6) is 0 Å². The second kappa shape index (κ2) is 7.15. The normalized spacial score (nSPS) is 9.00.